The number of halogens is 1. The van der Waals surface area contributed by atoms with Crippen molar-refractivity contribution < 1.29 is 35.8 Å². The van der Waals surface area contributed by atoms with Crippen molar-refractivity contribution in [1.82, 2.24) is 9.97 Å². The highest BCUT2D eigenvalue weighted by Gasteiger charge is 2.51. The van der Waals surface area contributed by atoms with Crippen LogP contribution in [0.25, 0.3) is 0 Å². The summed E-state index contributed by atoms with van der Waals surface area (Å²) in [5, 5.41) is 2.87. The Morgan fingerprint density at radius 1 is 1.03 bits per heavy atom. The number of esters is 1. The van der Waals surface area contributed by atoms with Gasteiger partial charge in [0.25, 0.3) is 5.91 Å². The fourth-order valence-electron chi connectivity index (χ4n) is 6.38. The molecule has 0 spiro atoms. The topological polar surface area (TPSA) is 81.2 Å². The SMILES string of the molecule is O=C(C[N+]12CCC(CC1)C(OC(=O)C1(c3ccccc3)CCCCCC1)C2)Nc1cnccn1.[Br-]. The molecule has 4 aliphatic rings. The van der Waals surface area contributed by atoms with Gasteiger partial charge in [0.05, 0.1) is 24.7 Å². The summed E-state index contributed by atoms with van der Waals surface area (Å²) in [4.78, 5) is 34.8. The molecule has 7 nitrogen and oxygen atoms in total. The zero-order valence-electron chi connectivity index (χ0n) is 20.2. The van der Waals surface area contributed by atoms with E-state index in [4.69, 9.17) is 4.74 Å². The Bertz CT molecular complexity index is 988. The summed E-state index contributed by atoms with van der Waals surface area (Å²) in [6.07, 6.45) is 12.8. The number of nitrogens with one attached hydrogen (secondary N) is 1. The van der Waals surface area contributed by atoms with Crippen LogP contribution in [0.15, 0.2) is 48.9 Å². The summed E-state index contributed by atoms with van der Waals surface area (Å²) >= 11 is 0. The number of ether oxygens (including phenoxy) is 1. The molecule has 2 bridgehead atoms. The maximum absolute atomic E-state index is 13.9. The van der Waals surface area contributed by atoms with E-state index in [2.05, 4.69) is 27.4 Å². The van der Waals surface area contributed by atoms with Crippen LogP contribution in [0, 0.1) is 5.92 Å². The van der Waals surface area contributed by atoms with Gasteiger partial charge in [0, 0.05) is 31.2 Å². The molecular weight excluding hydrogens is 508 g/mol. The highest BCUT2D eigenvalue weighted by molar-refractivity contribution is 5.90. The molecule has 1 unspecified atom stereocenters. The van der Waals surface area contributed by atoms with Crippen molar-refractivity contribution in [2.75, 3.05) is 31.5 Å². The molecular formula is C27H35BrN4O3. The van der Waals surface area contributed by atoms with E-state index in [0.29, 0.717) is 22.8 Å². The highest BCUT2D eigenvalue weighted by atomic mass is 79.9. The largest absolute Gasteiger partial charge is 1.00 e. The number of hydrogen-bond donors (Lipinski definition) is 1. The molecule has 1 aromatic heterocycles. The first-order valence-electron chi connectivity index (χ1n) is 12.8. The van der Waals surface area contributed by atoms with Crippen LogP contribution in [0.2, 0.25) is 0 Å². The minimum atomic E-state index is -0.544. The van der Waals surface area contributed by atoms with Crippen LogP contribution in [-0.2, 0) is 19.7 Å². The lowest BCUT2D eigenvalue weighted by molar-refractivity contribution is -0.939. The van der Waals surface area contributed by atoms with E-state index in [9.17, 15) is 9.59 Å². The summed E-state index contributed by atoms with van der Waals surface area (Å²) in [5.41, 5.74) is 0.549. The first kappa shape index (κ1) is 25.8. The number of hydrogen-bond acceptors (Lipinski definition) is 5. The second-order valence-corrected chi connectivity index (χ2v) is 10.4. The fraction of sp³-hybridized carbons (Fsp3) is 0.556. The molecule has 4 fully saturated rings. The smallest absolute Gasteiger partial charge is 0.317 e. The van der Waals surface area contributed by atoms with Gasteiger partial charge in [0.15, 0.2) is 18.5 Å². The van der Waals surface area contributed by atoms with Gasteiger partial charge in [-0.1, -0.05) is 56.0 Å². The summed E-state index contributed by atoms with van der Waals surface area (Å²) in [6.45, 7) is 3.00. The van der Waals surface area contributed by atoms with Crippen molar-refractivity contribution in [3.05, 3.63) is 54.5 Å². The molecule has 3 saturated heterocycles. The van der Waals surface area contributed by atoms with E-state index in [1.165, 1.54) is 12.8 Å². The molecule has 1 saturated carbocycles. The second kappa shape index (κ2) is 11.2. The second-order valence-electron chi connectivity index (χ2n) is 10.4. The molecule has 0 radical (unpaired) electrons. The van der Waals surface area contributed by atoms with Crippen molar-refractivity contribution in [2.24, 2.45) is 5.92 Å². The number of quaternary nitrogens is 1. The first-order valence-corrected chi connectivity index (χ1v) is 12.8. The number of benzene rings is 1. The third-order valence-electron chi connectivity index (χ3n) is 8.28. The normalized spacial score (nSPS) is 27.2. The molecule has 8 heteroatoms. The van der Waals surface area contributed by atoms with Gasteiger partial charge in [0.2, 0.25) is 0 Å². The molecule has 4 heterocycles. The number of aromatic nitrogens is 2. The molecule has 1 amide bonds. The van der Waals surface area contributed by atoms with Crippen LogP contribution < -0.4 is 22.3 Å². The average molecular weight is 544 g/mol. The third-order valence-corrected chi connectivity index (χ3v) is 8.28. The predicted molar refractivity (Wildman–Crippen MR) is 129 cm³/mol. The molecule has 3 aliphatic heterocycles. The third kappa shape index (κ3) is 5.59. The lowest BCUT2D eigenvalue weighted by Crippen LogP contribution is -3.00. The van der Waals surface area contributed by atoms with Gasteiger partial charge >= 0.3 is 5.97 Å². The summed E-state index contributed by atoms with van der Waals surface area (Å²) in [5.74, 6) is 0.751. The van der Waals surface area contributed by atoms with Crippen molar-refractivity contribution in [3.8, 4) is 0 Å². The predicted octanol–water partition coefficient (Wildman–Crippen LogP) is 0.864. The van der Waals surface area contributed by atoms with Gasteiger partial charge in [-0.25, -0.2) is 4.98 Å². The zero-order valence-corrected chi connectivity index (χ0v) is 21.8. The van der Waals surface area contributed by atoms with Gasteiger partial charge in [-0.15, -0.1) is 0 Å². The molecule has 1 aromatic carbocycles. The Morgan fingerprint density at radius 3 is 2.40 bits per heavy atom. The van der Waals surface area contributed by atoms with Gasteiger partial charge in [0.1, 0.15) is 6.54 Å². The van der Waals surface area contributed by atoms with Gasteiger partial charge in [-0.2, -0.15) is 0 Å². The number of anilines is 1. The molecule has 188 valence electrons. The average Bonchev–Trinajstić information content (AvgIpc) is 3.13. The molecule has 2 aromatic rings. The summed E-state index contributed by atoms with van der Waals surface area (Å²) in [6, 6.07) is 10.2. The van der Waals surface area contributed by atoms with Gasteiger partial charge in [-0.05, 0) is 18.4 Å². The van der Waals surface area contributed by atoms with Crippen LogP contribution in [0.5, 0.6) is 0 Å². The first-order chi connectivity index (χ1) is 16.6. The van der Waals surface area contributed by atoms with Crippen molar-refractivity contribution in [2.45, 2.75) is 62.9 Å². The minimum Gasteiger partial charge on any atom is -1.00 e. The number of piperidine rings is 3. The quantitative estimate of drug-likeness (QED) is 0.332. The standard InChI is InChI=1S/C27H34N4O3.BrH/c32-25(30-24-18-28-14-15-29-24)20-31-16-10-21(11-17-31)23(19-31)34-26(33)27(12-6-1-2-7-13-27)22-8-4-3-5-9-22;/h3-5,8-9,14-15,18,21,23H,1-2,6-7,10-13,16-17,19-20H2;1H. The van der Waals surface area contributed by atoms with E-state index in [0.717, 1.165) is 63.7 Å². The van der Waals surface area contributed by atoms with Crippen LogP contribution in [-0.4, -0.2) is 58.6 Å². The molecule has 6 rings (SSSR count). The monoisotopic (exact) mass is 542 g/mol. The van der Waals surface area contributed by atoms with Crippen LogP contribution in [0.1, 0.15) is 56.9 Å². The van der Waals surface area contributed by atoms with Crippen LogP contribution in [0.3, 0.4) is 0 Å². The molecule has 1 atom stereocenters. The lowest BCUT2D eigenvalue weighted by atomic mass is 9.74. The van der Waals surface area contributed by atoms with E-state index >= 15 is 0 Å². The fourth-order valence-corrected chi connectivity index (χ4v) is 6.38. The highest BCUT2D eigenvalue weighted by Crippen LogP contribution is 2.42. The molecule has 35 heavy (non-hydrogen) atoms. The van der Waals surface area contributed by atoms with E-state index in [1.807, 2.05) is 18.2 Å². The minimum absolute atomic E-state index is 0. The summed E-state index contributed by atoms with van der Waals surface area (Å²) < 4.78 is 7.07. The Morgan fingerprint density at radius 2 is 1.74 bits per heavy atom. The van der Waals surface area contributed by atoms with Crippen LogP contribution in [0.4, 0.5) is 5.82 Å². The number of carbonyl (C=O) groups excluding carboxylic acids is 2. The number of amides is 1. The zero-order chi connectivity index (χ0) is 23.4. The van der Waals surface area contributed by atoms with Gasteiger partial charge < -0.3 is 31.5 Å². The van der Waals surface area contributed by atoms with E-state index in [1.54, 1.807) is 18.6 Å². The van der Waals surface area contributed by atoms with Crippen molar-refractivity contribution >= 4 is 17.7 Å². The Hall–Kier alpha value is -2.32. The van der Waals surface area contributed by atoms with Crippen molar-refractivity contribution in [3.63, 3.8) is 0 Å². The number of fused-ring (bicyclic) bond motifs is 3. The maximum Gasteiger partial charge on any atom is 0.317 e. The van der Waals surface area contributed by atoms with E-state index in [-0.39, 0.29) is 35.0 Å². The van der Waals surface area contributed by atoms with Crippen molar-refractivity contribution in [1.29, 1.82) is 0 Å². The summed E-state index contributed by atoms with van der Waals surface area (Å²) in [7, 11) is 0. The van der Waals surface area contributed by atoms with Crippen LogP contribution >= 0.6 is 0 Å². The Kier molecular flexibility index (Phi) is 8.22. The molecule has 1 aliphatic carbocycles. The Balaban J connectivity index is 0.00000289. The lowest BCUT2D eigenvalue weighted by Gasteiger charge is -2.52. The maximum atomic E-state index is 13.9. The van der Waals surface area contributed by atoms with Gasteiger partial charge in [-0.3, -0.25) is 14.6 Å². The number of nitrogens with zero attached hydrogens (tertiary/aromatic N) is 3. The Labute approximate surface area is 218 Å². The van der Waals surface area contributed by atoms with E-state index < -0.39 is 5.41 Å². The number of carbonyl (C=O) groups is 2. The number of rotatable bonds is 6. The molecule has 1 N–H and O–H groups in total.